The summed E-state index contributed by atoms with van der Waals surface area (Å²) in [6, 6.07) is 0. The van der Waals surface area contributed by atoms with Crippen LogP contribution in [-0.2, 0) is 6.54 Å². The number of hydrogen-bond donors (Lipinski definition) is 0. The van der Waals surface area contributed by atoms with E-state index in [-0.39, 0.29) is 0 Å². The molecule has 4 nitrogen and oxygen atoms in total. The van der Waals surface area contributed by atoms with Gasteiger partial charge < -0.3 is 4.57 Å². The van der Waals surface area contributed by atoms with Gasteiger partial charge in [0.05, 0.1) is 6.33 Å². The van der Waals surface area contributed by atoms with Gasteiger partial charge in [-0.05, 0) is 49.1 Å². The minimum Gasteiger partial charge on any atom is -0.315 e. The molecule has 2 bridgehead atoms. The fourth-order valence-corrected chi connectivity index (χ4v) is 4.49. The Morgan fingerprint density at radius 3 is 2.86 bits per heavy atom. The van der Waals surface area contributed by atoms with Crippen molar-refractivity contribution in [2.75, 3.05) is 7.05 Å². The quantitative estimate of drug-likeness (QED) is 0.778. The molecule has 3 fully saturated rings. The third-order valence-corrected chi connectivity index (χ3v) is 6.13. The van der Waals surface area contributed by atoms with Crippen molar-refractivity contribution in [3.8, 4) is 0 Å². The number of aromatic nitrogens is 2. The number of aliphatic imine (C=N–C) groups is 2. The summed E-state index contributed by atoms with van der Waals surface area (Å²) in [4.78, 5) is 12.5. The molecule has 5 heteroatoms. The summed E-state index contributed by atoms with van der Waals surface area (Å²) in [7, 11) is 1.66. The summed E-state index contributed by atoms with van der Waals surface area (Å²) in [5.41, 5.74) is 1.13. The third kappa shape index (κ3) is 2.24. The summed E-state index contributed by atoms with van der Waals surface area (Å²) in [6.07, 6.45) is 5.86. The lowest BCUT2D eigenvalue weighted by atomic mass is 9.45. The highest BCUT2D eigenvalue weighted by Crippen LogP contribution is 2.61. The van der Waals surface area contributed by atoms with Crippen molar-refractivity contribution >= 4 is 29.3 Å². The number of rotatable bonds is 4. The summed E-state index contributed by atoms with van der Waals surface area (Å²) < 4.78 is 2.09. The Balaban J connectivity index is 1.83. The van der Waals surface area contributed by atoms with E-state index in [0.29, 0.717) is 22.2 Å². The molecule has 3 atom stereocenters. The Hall–Kier alpha value is -1.16. The van der Waals surface area contributed by atoms with E-state index < -0.39 is 0 Å². The van der Waals surface area contributed by atoms with E-state index in [1.807, 2.05) is 6.33 Å². The standard InChI is InChI=1S/C16H23ClN4/c1-16(2)11-6-5-10(12(16)7-11)8-21-9-20-13(14(17)18-3)15(21)19-4/h9-12H,4-8H2,1-3H3/b18-14+. The SMILES string of the molecule is C=Nc1c(/C(Cl)=N\C)ncn1CC1CCC2CC1C2(C)C. The van der Waals surface area contributed by atoms with Crippen LogP contribution in [0.3, 0.4) is 0 Å². The van der Waals surface area contributed by atoms with Crippen LogP contribution in [0.1, 0.15) is 38.8 Å². The number of nitrogens with zero attached hydrogens (tertiary/aromatic N) is 4. The molecule has 0 amide bonds. The average molecular weight is 307 g/mol. The van der Waals surface area contributed by atoms with Crippen molar-refractivity contribution in [2.24, 2.45) is 33.2 Å². The highest BCUT2D eigenvalue weighted by atomic mass is 35.5. The fraction of sp³-hybridized carbons (Fsp3) is 0.688. The highest BCUT2D eigenvalue weighted by Gasteiger charge is 2.54. The molecular formula is C16H23ClN4. The zero-order valence-electron chi connectivity index (χ0n) is 13.0. The Bertz CT molecular complexity index is 585. The monoisotopic (exact) mass is 306 g/mol. The lowest BCUT2D eigenvalue weighted by Crippen LogP contribution is -2.53. The van der Waals surface area contributed by atoms with Crippen molar-refractivity contribution in [2.45, 2.75) is 39.7 Å². The Labute approximate surface area is 131 Å². The minimum atomic E-state index is 0.392. The van der Waals surface area contributed by atoms with Crippen LogP contribution >= 0.6 is 11.6 Å². The van der Waals surface area contributed by atoms with E-state index in [1.54, 1.807) is 7.05 Å². The van der Waals surface area contributed by atoms with Gasteiger partial charge in [-0.2, -0.15) is 0 Å². The van der Waals surface area contributed by atoms with Gasteiger partial charge in [-0.1, -0.05) is 25.4 Å². The molecule has 1 aromatic heterocycles. The van der Waals surface area contributed by atoms with Gasteiger partial charge in [0.25, 0.3) is 0 Å². The number of fused-ring (bicyclic) bond motifs is 2. The van der Waals surface area contributed by atoms with Crippen LogP contribution in [0, 0.1) is 23.2 Å². The normalized spacial score (nSPS) is 30.9. The smallest absolute Gasteiger partial charge is 0.162 e. The van der Waals surface area contributed by atoms with Crippen LogP contribution < -0.4 is 0 Å². The largest absolute Gasteiger partial charge is 0.315 e. The highest BCUT2D eigenvalue weighted by molar-refractivity contribution is 6.69. The van der Waals surface area contributed by atoms with E-state index in [0.717, 1.165) is 24.2 Å². The van der Waals surface area contributed by atoms with Crippen LogP contribution in [-0.4, -0.2) is 28.5 Å². The minimum absolute atomic E-state index is 0.392. The van der Waals surface area contributed by atoms with Gasteiger partial charge in [0, 0.05) is 13.6 Å². The van der Waals surface area contributed by atoms with Gasteiger partial charge in [0.1, 0.15) is 5.69 Å². The molecule has 114 valence electrons. The molecule has 3 aliphatic carbocycles. The Morgan fingerprint density at radius 1 is 1.52 bits per heavy atom. The second-order valence-electron chi connectivity index (χ2n) is 6.94. The predicted octanol–water partition coefficient (Wildman–Crippen LogP) is 3.90. The lowest BCUT2D eigenvalue weighted by molar-refractivity contribution is -0.108. The Morgan fingerprint density at radius 2 is 2.29 bits per heavy atom. The predicted molar refractivity (Wildman–Crippen MR) is 87.9 cm³/mol. The first-order valence-electron chi connectivity index (χ1n) is 7.63. The molecule has 0 aromatic carbocycles. The van der Waals surface area contributed by atoms with Gasteiger partial charge in [0.2, 0.25) is 0 Å². The maximum Gasteiger partial charge on any atom is 0.162 e. The summed E-state index contributed by atoms with van der Waals surface area (Å²) in [5.74, 6) is 3.18. The maximum atomic E-state index is 6.10. The topological polar surface area (TPSA) is 42.5 Å². The van der Waals surface area contributed by atoms with Crippen molar-refractivity contribution in [3.05, 3.63) is 12.0 Å². The zero-order valence-corrected chi connectivity index (χ0v) is 13.8. The van der Waals surface area contributed by atoms with E-state index in [2.05, 4.69) is 40.1 Å². The number of halogens is 1. The van der Waals surface area contributed by atoms with E-state index >= 15 is 0 Å². The fourth-order valence-electron chi connectivity index (χ4n) is 4.36. The van der Waals surface area contributed by atoms with Crippen LogP contribution in [0.4, 0.5) is 5.82 Å². The summed E-state index contributed by atoms with van der Waals surface area (Å²) >= 11 is 6.10. The molecule has 0 aliphatic heterocycles. The van der Waals surface area contributed by atoms with Crippen molar-refractivity contribution in [1.29, 1.82) is 0 Å². The number of hydrogen-bond acceptors (Lipinski definition) is 3. The second kappa shape index (κ2) is 5.24. The molecule has 1 aromatic rings. The molecule has 0 saturated heterocycles. The van der Waals surface area contributed by atoms with Gasteiger partial charge in [-0.3, -0.25) is 4.99 Å². The molecule has 1 heterocycles. The van der Waals surface area contributed by atoms with Crippen LogP contribution in [0.15, 0.2) is 16.3 Å². The zero-order chi connectivity index (χ0) is 15.2. The van der Waals surface area contributed by atoms with Crippen LogP contribution in [0.5, 0.6) is 0 Å². The summed E-state index contributed by atoms with van der Waals surface area (Å²) in [5, 5.41) is 0.392. The molecule has 3 saturated carbocycles. The van der Waals surface area contributed by atoms with Crippen LogP contribution in [0.2, 0.25) is 0 Å². The molecule has 0 radical (unpaired) electrons. The molecule has 0 N–H and O–H groups in total. The van der Waals surface area contributed by atoms with Crippen molar-refractivity contribution in [1.82, 2.24) is 9.55 Å². The average Bonchev–Trinajstić information content (AvgIpc) is 2.89. The maximum absolute atomic E-state index is 6.10. The van der Waals surface area contributed by atoms with Gasteiger partial charge in [-0.25, -0.2) is 9.98 Å². The molecular weight excluding hydrogens is 284 g/mol. The molecule has 21 heavy (non-hydrogen) atoms. The van der Waals surface area contributed by atoms with Crippen LogP contribution in [0.25, 0.3) is 0 Å². The summed E-state index contributed by atoms with van der Waals surface area (Å²) in [6.45, 7) is 9.46. The van der Waals surface area contributed by atoms with E-state index in [9.17, 15) is 0 Å². The van der Waals surface area contributed by atoms with E-state index in [4.69, 9.17) is 11.6 Å². The first kappa shape index (κ1) is 14.8. The molecule has 0 spiro atoms. The second-order valence-corrected chi connectivity index (χ2v) is 7.30. The first-order valence-corrected chi connectivity index (χ1v) is 8.01. The van der Waals surface area contributed by atoms with Gasteiger partial charge in [-0.15, -0.1) is 0 Å². The number of imidazole rings is 1. The van der Waals surface area contributed by atoms with Crippen molar-refractivity contribution in [3.63, 3.8) is 0 Å². The van der Waals surface area contributed by atoms with Crippen molar-refractivity contribution < 1.29 is 0 Å². The van der Waals surface area contributed by atoms with E-state index in [1.165, 1.54) is 19.3 Å². The molecule has 4 rings (SSSR count). The third-order valence-electron chi connectivity index (χ3n) is 5.78. The molecule has 3 unspecified atom stereocenters. The lowest BCUT2D eigenvalue weighted by Gasteiger charge is -2.60. The van der Waals surface area contributed by atoms with Gasteiger partial charge >= 0.3 is 0 Å². The first-order chi connectivity index (χ1) is 9.98. The Kier molecular flexibility index (Phi) is 3.68. The van der Waals surface area contributed by atoms with Gasteiger partial charge in [0.15, 0.2) is 11.0 Å². The molecule has 3 aliphatic rings.